The third-order valence-electron chi connectivity index (χ3n) is 3.04. The number of hydrogen-bond donors (Lipinski definition) is 1. The van der Waals surface area contributed by atoms with Gasteiger partial charge in [-0.25, -0.2) is 0 Å². The summed E-state index contributed by atoms with van der Waals surface area (Å²) in [6.45, 7) is 7.63. The molecule has 0 saturated carbocycles. The van der Waals surface area contributed by atoms with Crippen LogP contribution in [0.25, 0.3) is 0 Å². The fourth-order valence-corrected chi connectivity index (χ4v) is 2.32. The van der Waals surface area contributed by atoms with Gasteiger partial charge in [0.15, 0.2) is 11.6 Å². The van der Waals surface area contributed by atoms with E-state index in [9.17, 15) is 5.11 Å². The molecule has 0 aromatic heterocycles. The number of ether oxygens (including phenoxy) is 4. The lowest BCUT2D eigenvalue weighted by Crippen LogP contribution is -2.43. The Bertz CT molecular complexity index is 357. The molecule has 0 aliphatic carbocycles. The molecule has 102 valence electrons. The van der Waals surface area contributed by atoms with E-state index in [2.05, 4.69) is 5.92 Å². The van der Waals surface area contributed by atoms with Crippen molar-refractivity contribution in [2.24, 2.45) is 0 Å². The largest absolute Gasteiger partial charge is 0.378 e. The molecule has 0 radical (unpaired) electrons. The van der Waals surface area contributed by atoms with E-state index in [-0.39, 0.29) is 6.10 Å². The van der Waals surface area contributed by atoms with E-state index in [4.69, 9.17) is 25.4 Å². The summed E-state index contributed by atoms with van der Waals surface area (Å²) in [6.07, 6.45) is 2.89. The van der Waals surface area contributed by atoms with Crippen molar-refractivity contribution >= 4 is 0 Å². The van der Waals surface area contributed by atoms with Gasteiger partial charge in [-0.2, -0.15) is 0 Å². The third-order valence-corrected chi connectivity index (χ3v) is 3.04. The number of hydrogen-bond acceptors (Lipinski definition) is 5. The fourth-order valence-electron chi connectivity index (χ4n) is 2.32. The Hall–Kier alpha value is -0.640. The molecular weight excluding hydrogens is 236 g/mol. The Morgan fingerprint density at radius 1 is 1.17 bits per heavy atom. The summed E-state index contributed by atoms with van der Waals surface area (Å²) < 4.78 is 22.7. The molecular formula is C13H20O5. The topological polar surface area (TPSA) is 57.2 Å². The van der Waals surface area contributed by atoms with Crippen LogP contribution in [0.3, 0.4) is 0 Å². The molecule has 2 aliphatic heterocycles. The quantitative estimate of drug-likeness (QED) is 0.735. The van der Waals surface area contributed by atoms with Gasteiger partial charge in [0.05, 0.1) is 6.61 Å². The monoisotopic (exact) mass is 256 g/mol. The van der Waals surface area contributed by atoms with Gasteiger partial charge in [-0.3, -0.25) is 0 Å². The van der Waals surface area contributed by atoms with E-state index in [0.717, 1.165) is 0 Å². The van der Waals surface area contributed by atoms with Crippen LogP contribution < -0.4 is 0 Å². The molecule has 18 heavy (non-hydrogen) atoms. The molecule has 1 N–H and O–H groups in total. The smallest absolute Gasteiger partial charge is 0.164 e. The zero-order chi connectivity index (χ0) is 13.6. The summed E-state index contributed by atoms with van der Waals surface area (Å²) in [5, 5.41) is 9.81. The van der Waals surface area contributed by atoms with Crippen molar-refractivity contribution in [3.63, 3.8) is 0 Å². The molecule has 4 atom stereocenters. The van der Waals surface area contributed by atoms with Gasteiger partial charge < -0.3 is 24.1 Å². The second-order valence-electron chi connectivity index (χ2n) is 5.54. The lowest BCUT2D eigenvalue weighted by molar-refractivity contribution is -0.175. The lowest BCUT2D eigenvalue weighted by Gasteiger charge is -2.24. The van der Waals surface area contributed by atoms with Crippen molar-refractivity contribution in [1.82, 2.24) is 0 Å². The molecule has 2 heterocycles. The van der Waals surface area contributed by atoms with Gasteiger partial charge in [0.1, 0.15) is 24.4 Å². The summed E-state index contributed by atoms with van der Waals surface area (Å²) in [5.41, 5.74) is 0. The predicted octanol–water partition coefficient (Wildman–Crippen LogP) is 0.652. The Morgan fingerprint density at radius 3 is 2.33 bits per heavy atom. The Labute approximate surface area is 107 Å². The van der Waals surface area contributed by atoms with Crippen LogP contribution in [0.5, 0.6) is 0 Å². The van der Waals surface area contributed by atoms with Crippen molar-refractivity contribution in [1.29, 1.82) is 0 Å². The van der Waals surface area contributed by atoms with E-state index in [1.54, 1.807) is 13.8 Å². The molecule has 2 aliphatic rings. The summed E-state index contributed by atoms with van der Waals surface area (Å²) >= 11 is 0. The van der Waals surface area contributed by atoms with Gasteiger partial charge in [-0.1, -0.05) is 5.92 Å². The highest BCUT2D eigenvalue weighted by atomic mass is 16.8. The number of terminal acetylenes is 1. The van der Waals surface area contributed by atoms with Crippen LogP contribution in [0.2, 0.25) is 0 Å². The highest BCUT2D eigenvalue weighted by Crippen LogP contribution is 2.36. The highest BCUT2D eigenvalue weighted by molar-refractivity contribution is 5.04. The van der Waals surface area contributed by atoms with Gasteiger partial charge >= 0.3 is 0 Å². The molecule has 0 unspecified atom stereocenters. The first kappa shape index (κ1) is 13.8. The SMILES string of the molecule is C#C[C@@H](O)[C@@H]1OC(C)(C)O[C@H]1[C@@H]1COC(C)(C)O1. The van der Waals surface area contributed by atoms with E-state index in [1.807, 2.05) is 13.8 Å². The second kappa shape index (κ2) is 4.48. The maximum Gasteiger partial charge on any atom is 0.164 e. The van der Waals surface area contributed by atoms with Crippen molar-refractivity contribution in [3.05, 3.63) is 0 Å². The summed E-state index contributed by atoms with van der Waals surface area (Å²) in [6, 6.07) is 0. The van der Waals surface area contributed by atoms with Crippen LogP contribution in [0.4, 0.5) is 0 Å². The van der Waals surface area contributed by atoms with Crippen LogP contribution in [0.1, 0.15) is 27.7 Å². The fraction of sp³-hybridized carbons (Fsp3) is 0.846. The first-order valence-electron chi connectivity index (χ1n) is 6.06. The molecule has 0 bridgehead atoms. The van der Waals surface area contributed by atoms with E-state index in [0.29, 0.717) is 6.61 Å². The normalized spacial score (nSPS) is 39.4. The zero-order valence-corrected chi connectivity index (χ0v) is 11.2. The van der Waals surface area contributed by atoms with E-state index >= 15 is 0 Å². The lowest BCUT2D eigenvalue weighted by atomic mass is 10.0. The number of rotatable bonds is 2. The number of aliphatic hydroxyl groups excluding tert-OH is 1. The molecule has 0 aromatic rings. The average molecular weight is 256 g/mol. The van der Waals surface area contributed by atoms with Gasteiger partial charge in [-0.15, -0.1) is 6.42 Å². The molecule has 2 fully saturated rings. The first-order valence-corrected chi connectivity index (χ1v) is 6.06. The van der Waals surface area contributed by atoms with Crippen molar-refractivity contribution in [3.8, 4) is 12.3 Å². The standard InChI is InChI=1S/C13H20O5/c1-6-8(14)10-11(18-13(4,5)17-10)9-7-15-12(2,3)16-9/h1,8-11,14H,7H2,2-5H3/t8-,9+,10+,11+/m1/s1. The Balaban J connectivity index is 2.13. The van der Waals surface area contributed by atoms with Crippen molar-refractivity contribution in [2.45, 2.75) is 63.7 Å². The minimum atomic E-state index is -1.02. The minimum Gasteiger partial charge on any atom is -0.378 e. The molecule has 2 rings (SSSR count). The molecule has 0 aromatic carbocycles. The van der Waals surface area contributed by atoms with Crippen LogP contribution in [-0.2, 0) is 18.9 Å². The van der Waals surface area contributed by atoms with Crippen LogP contribution in [-0.4, -0.2) is 47.7 Å². The van der Waals surface area contributed by atoms with Gasteiger partial charge in [0.2, 0.25) is 0 Å². The average Bonchev–Trinajstić information content (AvgIpc) is 2.77. The summed E-state index contributed by atoms with van der Waals surface area (Å²) in [4.78, 5) is 0. The van der Waals surface area contributed by atoms with E-state index < -0.39 is 29.9 Å². The third kappa shape index (κ3) is 2.68. The first-order chi connectivity index (χ1) is 8.24. The Kier molecular flexibility index (Phi) is 3.43. The molecule has 5 heteroatoms. The molecule has 5 nitrogen and oxygen atoms in total. The highest BCUT2D eigenvalue weighted by Gasteiger charge is 2.51. The second-order valence-corrected chi connectivity index (χ2v) is 5.54. The zero-order valence-electron chi connectivity index (χ0n) is 11.2. The summed E-state index contributed by atoms with van der Waals surface area (Å²) in [5.74, 6) is 0.838. The molecule has 0 amide bonds. The van der Waals surface area contributed by atoms with Crippen LogP contribution >= 0.6 is 0 Å². The molecule has 2 saturated heterocycles. The van der Waals surface area contributed by atoms with Gasteiger partial charge in [0, 0.05) is 0 Å². The van der Waals surface area contributed by atoms with Gasteiger partial charge in [-0.05, 0) is 27.7 Å². The van der Waals surface area contributed by atoms with Crippen molar-refractivity contribution in [2.75, 3.05) is 6.61 Å². The predicted molar refractivity (Wildman–Crippen MR) is 63.6 cm³/mol. The van der Waals surface area contributed by atoms with Gasteiger partial charge in [0.25, 0.3) is 0 Å². The minimum absolute atomic E-state index is 0.297. The van der Waals surface area contributed by atoms with Crippen molar-refractivity contribution < 1.29 is 24.1 Å². The Morgan fingerprint density at radius 2 is 1.83 bits per heavy atom. The van der Waals surface area contributed by atoms with Crippen LogP contribution in [0.15, 0.2) is 0 Å². The maximum atomic E-state index is 9.81. The summed E-state index contributed by atoms with van der Waals surface area (Å²) in [7, 11) is 0. The van der Waals surface area contributed by atoms with Crippen LogP contribution in [0, 0.1) is 12.3 Å². The molecule has 0 spiro atoms. The maximum absolute atomic E-state index is 9.81. The number of aliphatic hydroxyl groups is 1. The van der Waals surface area contributed by atoms with E-state index in [1.165, 1.54) is 0 Å².